The van der Waals surface area contributed by atoms with E-state index in [1.54, 1.807) is 4.90 Å². The van der Waals surface area contributed by atoms with Crippen LogP contribution < -0.4 is 4.74 Å². The number of hydrogen-bond acceptors (Lipinski definition) is 3. The summed E-state index contributed by atoms with van der Waals surface area (Å²) >= 11 is 0. The Morgan fingerprint density at radius 3 is 2.69 bits per heavy atom. The molecule has 138 valence electrons. The van der Waals surface area contributed by atoms with Gasteiger partial charge in [-0.3, -0.25) is 4.79 Å². The van der Waals surface area contributed by atoms with E-state index in [0.29, 0.717) is 18.4 Å². The standard InChI is InChI=1S/C20H21F2NO3/c1-12-8-16(12)18-7-5-15(26-18)10-23(14-3-4-14)20(24)11-25-19-6-2-13(21)9-17(19)22/h2,5-7,9,12,14,16H,3-4,8,10-11H2,1H3. The third-order valence-corrected chi connectivity index (χ3v) is 5.04. The van der Waals surface area contributed by atoms with E-state index in [0.717, 1.165) is 42.9 Å². The SMILES string of the molecule is CC1CC1c1ccc(CN(C(=O)COc2ccc(F)cc2F)C2CC2)o1. The normalized spacial score (nSPS) is 21.5. The lowest BCUT2D eigenvalue weighted by Gasteiger charge is -2.21. The number of carbonyl (C=O) groups excluding carboxylic acids is 1. The number of ether oxygens (including phenoxy) is 1. The molecule has 2 unspecified atom stereocenters. The smallest absolute Gasteiger partial charge is 0.261 e. The molecule has 2 aromatic rings. The molecule has 2 fully saturated rings. The third-order valence-electron chi connectivity index (χ3n) is 5.04. The molecule has 4 nitrogen and oxygen atoms in total. The second kappa shape index (κ2) is 6.74. The summed E-state index contributed by atoms with van der Waals surface area (Å²) in [4.78, 5) is 14.3. The van der Waals surface area contributed by atoms with Crippen LogP contribution in [0.2, 0.25) is 0 Å². The number of halogens is 2. The zero-order valence-corrected chi connectivity index (χ0v) is 14.6. The number of carbonyl (C=O) groups is 1. The van der Waals surface area contributed by atoms with Gasteiger partial charge in [-0.1, -0.05) is 6.92 Å². The van der Waals surface area contributed by atoms with Gasteiger partial charge in [0, 0.05) is 18.0 Å². The zero-order chi connectivity index (χ0) is 18.3. The van der Waals surface area contributed by atoms with Crippen molar-refractivity contribution >= 4 is 5.91 Å². The average molecular weight is 361 g/mol. The molecule has 2 aliphatic carbocycles. The molecule has 0 N–H and O–H groups in total. The molecule has 0 radical (unpaired) electrons. The molecule has 0 saturated heterocycles. The Labute approximate surface area is 150 Å². The summed E-state index contributed by atoms with van der Waals surface area (Å²) in [5.74, 6) is 1.05. The van der Waals surface area contributed by atoms with Gasteiger partial charge in [0.15, 0.2) is 18.2 Å². The van der Waals surface area contributed by atoms with E-state index in [-0.39, 0.29) is 24.3 Å². The monoisotopic (exact) mass is 361 g/mol. The molecular formula is C20H21F2NO3. The van der Waals surface area contributed by atoms with Crippen molar-refractivity contribution in [2.24, 2.45) is 5.92 Å². The van der Waals surface area contributed by atoms with E-state index >= 15 is 0 Å². The number of furan rings is 1. The van der Waals surface area contributed by atoms with Crippen LogP contribution in [0.25, 0.3) is 0 Å². The largest absolute Gasteiger partial charge is 0.481 e. The van der Waals surface area contributed by atoms with Gasteiger partial charge in [0.1, 0.15) is 17.3 Å². The predicted octanol–water partition coefficient (Wildman–Crippen LogP) is 4.25. The van der Waals surface area contributed by atoms with Crippen molar-refractivity contribution in [3.8, 4) is 5.75 Å². The molecule has 0 bridgehead atoms. The van der Waals surface area contributed by atoms with Crippen LogP contribution in [0.15, 0.2) is 34.7 Å². The van der Waals surface area contributed by atoms with Gasteiger partial charge in [-0.2, -0.15) is 0 Å². The van der Waals surface area contributed by atoms with Crippen LogP contribution in [-0.4, -0.2) is 23.5 Å². The van der Waals surface area contributed by atoms with Crippen LogP contribution in [0.4, 0.5) is 8.78 Å². The number of hydrogen-bond donors (Lipinski definition) is 0. The Morgan fingerprint density at radius 2 is 2.04 bits per heavy atom. The van der Waals surface area contributed by atoms with Gasteiger partial charge < -0.3 is 14.1 Å². The number of benzene rings is 1. The van der Waals surface area contributed by atoms with Gasteiger partial charge in [0.25, 0.3) is 5.91 Å². The van der Waals surface area contributed by atoms with E-state index in [1.165, 1.54) is 6.07 Å². The summed E-state index contributed by atoms with van der Waals surface area (Å²) in [6, 6.07) is 7.12. The van der Waals surface area contributed by atoms with Gasteiger partial charge in [-0.05, 0) is 49.4 Å². The predicted molar refractivity (Wildman–Crippen MR) is 90.7 cm³/mol. The first kappa shape index (κ1) is 17.1. The van der Waals surface area contributed by atoms with Crippen LogP contribution in [0.3, 0.4) is 0 Å². The van der Waals surface area contributed by atoms with Gasteiger partial charge in [0.05, 0.1) is 6.54 Å². The van der Waals surface area contributed by atoms with Crippen LogP contribution in [0, 0.1) is 17.6 Å². The first-order valence-corrected chi connectivity index (χ1v) is 8.97. The van der Waals surface area contributed by atoms with Crippen LogP contribution in [-0.2, 0) is 11.3 Å². The maximum absolute atomic E-state index is 13.6. The molecule has 2 atom stereocenters. The molecule has 2 saturated carbocycles. The summed E-state index contributed by atoms with van der Waals surface area (Å²) in [6.45, 7) is 2.30. The van der Waals surface area contributed by atoms with Gasteiger partial charge in [-0.25, -0.2) is 8.78 Å². The van der Waals surface area contributed by atoms with Crippen molar-refractivity contribution in [3.63, 3.8) is 0 Å². The van der Waals surface area contributed by atoms with Gasteiger partial charge >= 0.3 is 0 Å². The summed E-state index contributed by atoms with van der Waals surface area (Å²) in [6.07, 6.45) is 3.04. The van der Waals surface area contributed by atoms with Crippen molar-refractivity contribution in [1.82, 2.24) is 4.90 Å². The lowest BCUT2D eigenvalue weighted by atomic mass is 10.3. The minimum atomic E-state index is -0.815. The lowest BCUT2D eigenvalue weighted by Crippen LogP contribution is -2.36. The van der Waals surface area contributed by atoms with Crippen molar-refractivity contribution in [2.45, 2.75) is 44.7 Å². The molecule has 0 spiro atoms. The van der Waals surface area contributed by atoms with Crippen molar-refractivity contribution in [3.05, 3.63) is 53.5 Å². The minimum absolute atomic E-state index is 0.126. The van der Waals surface area contributed by atoms with Crippen molar-refractivity contribution in [2.75, 3.05) is 6.61 Å². The highest BCUT2D eigenvalue weighted by atomic mass is 19.1. The molecular weight excluding hydrogens is 340 g/mol. The molecule has 4 rings (SSSR count). The maximum Gasteiger partial charge on any atom is 0.261 e. The molecule has 6 heteroatoms. The highest BCUT2D eigenvalue weighted by Crippen LogP contribution is 2.47. The van der Waals surface area contributed by atoms with E-state index in [1.807, 2.05) is 12.1 Å². The van der Waals surface area contributed by atoms with Crippen molar-refractivity contribution in [1.29, 1.82) is 0 Å². The lowest BCUT2D eigenvalue weighted by molar-refractivity contribution is -0.134. The van der Waals surface area contributed by atoms with Crippen LogP contribution >= 0.6 is 0 Å². The Bertz CT molecular complexity index is 815. The van der Waals surface area contributed by atoms with Gasteiger partial charge in [0.2, 0.25) is 0 Å². The molecule has 26 heavy (non-hydrogen) atoms. The van der Waals surface area contributed by atoms with Crippen LogP contribution in [0.5, 0.6) is 5.75 Å². The molecule has 1 heterocycles. The minimum Gasteiger partial charge on any atom is -0.481 e. The van der Waals surface area contributed by atoms with E-state index in [4.69, 9.17) is 9.15 Å². The summed E-state index contributed by atoms with van der Waals surface area (Å²) < 4.78 is 37.7. The Morgan fingerprint density at radius 1 is 1.27 bits per heavy atom. The van der Waals surface area contributed by atoms with E-state index < -0.39 is 11.6 Å². The highest BCUT2D eigenvalue weighted by Gasteiger charge is 2.37. The first-order valence-electron chi connectivity index (χ1n) is 8.97. The topological polar surface area (TPSA) is 42.7 Å². The van der Waals surface area contributed by atoms with E-state index in [2.05, 4.69) is 6.92 Å². The summed E-state index contributed by atoms with van der Waals surface area (Å²) in [5.41, 5.74) is 0. The molecule has 0 aliphatic heterocycles. The molecule has 1 aromatic heterocycles. The highest BCUT2D eigenvalue weighted by molar-refractivity contribution is 5.78. The average Bonchev–Trinajstić information content (AvgIpc) is 3.52. The summed E-state index contributed by atoms with van der Waals surface area (Å²) in [5, 5.41) is 0. The fourth-order valence-electron chi connectivity index (χ4n) is 3.19. The van der Waals surface area contributed by atoms with E-state index in [9.17, 15) is 13.6 Å². The fourth-order valence-corrected chi connectivity index (χ4v) is 3.19. The quantitative estimate of drug-likeness (QED) is 0.740. The Kier molecular flexibility index (Phi) is 4.42. The molecule has 1 amide bonds. The first-order chi connectivity index (χ1) is 12.5. The van der Waals surface area contributed by atoms with Crippen molar-refractivity contribution < 1.29 is 22.7 Å². The Balaban J connectivity index is 1.38. The molecule has 2 aliphatic rings. The Hall–Kier alpha value is -2.37. The second-order valence-corrected chi connectivity index (χ2v) is 7.24. The number of nitrogens with zero attached hydrogens (tertiary/aromatic N) is 1. The second-order valence-electron chi connectivity index (χ2n) is 7.24. The number of amides is 1. The number of rotatable bonds is 7. The maximum atomic E-state index is 13.6. The zero-order valence-electron chi connectivity index (χ0n) is 14.6. The fraction of sp³-hybridized carbons (Fsp3) is 0.450. The molecule has 1 aromatic carbocycles. The van der Waals surface area contributed by atoms with Crippen LogP contribution in [0.1, 0.15) is 43.6 Å². The third kappa shape index (κ3) is 3.74. The summed E-state index contributed by atoms with van der Waals surface area (Å²) in [7, 11) is 0. The van der Waals surface area contributed by atoms with Gasteiger partial charge in [-0.15, -0.1) is 0 Å².